The van der Waals surface area contributed by atoms with Crippen LogP contribution in [0.25, 0.3) is 0 Å². The number of amides is 2. The van der Waals surface area contributed by atoms with Gasteiger partial charge in [-0.05, 0) is 20.8 Å². The number of hydrogen-bond acceptors (Lipinski definition) is 4. The van der Waals surface area contributed by atoms with E-state index in [0.29, 0.717) is 0 Å². The quantitative estimate of drug-likeness (QED) is 0.576. The summed E-state index contributed by atoms with van der Waals surface area (Å²) in [4.78, 5) is 22.9. The summed E-state index contributed by atoms with van der Waals surface area (Å²) >= 11 is 0. The molecule has 0 unspecified atom stereocenters. The van der Waals surface area contributed by atoms with E-state index in [0.717, 1.165) is 0 Å². The maximum atomic E-state index is 11.5. The second-order valence-electron chi connectivity index (χ2n) is 4.69. The van der Waals surface area contributed by atoms with E-state index in [9.17, 15) is 9.59 Å². The molecule has 0 aliphatic heterocycles. The molecule has 0 bridgehead atoms. The molecule has 0 saturated heterocycles. The highest BCUT2D eigenvalue weighted by Crippen LogP contribution is 2.00. The van der Waals surface area contributed by atoms with Crippen LogP contribution in [0.2, 0.25) is 0 Å². The summed E-state index contributed by atoms with van der Waals surface area (Å²) in [5.41, 5.74) is 5.26. The highest BCUT2D eigenvalue weighted by molar-refractivity contribution is 5.95. The number of hydrogen-bond donors (Lipinski definition) is 4. The normalized spacial score (nSPS) is 11.0. The van der Waals surface area contributed by atoms with Crippen molar-refractivity contribution >= 4 is 17.6 Å². The van der Waals surface area contributed by atoms with Crippen LogP contribution in [0.15, 0.2) is 6.07 Å². The monoisotopic (exact) mass is 239 g/mol. The van der Waals surface area contributed by atoms with Crippen molar-refractivity contribution < 1.29 is 9.59 Å². The molecular formula is C10H17N5O2. The minimum Gasteiger partial charge on any atom is -0.382 e. The number of H-pyrrole nitrogens is 1. The van der Waals surface area contributed by atoms with E-state index in [-0.39, 0.29) is 29.5 Å². The average Bonchev–Trinajstić information content (AvgIpc) is 2.58. The first kappa shape index (κ1) is 13.0. The number of nitrogens with two attached hydrogens (primary N) is 1. The highest BCUT2D eigenvalue weighted by atomic mass is 16.2. The van der Waals surface area contributed by atoms with Crippen molar-refractivity contribution in [3.05, 3.63) is 11.8 Å². The number of aromatic nitrogens is 2. The van der Waals surface area contributed by atoms with Gasteiger partial charge in [-0.2, -0.15) is 5.10 Å². The van der Waals surface area contributed by atoms with Crippen LogP contribution in [0.5, 0.6) is 0 Å². The van der Waals surface area contributed by atoms with Crippen LogP contribution < -0.4 is 16.4 Å². The first-order valence-electron chi connectivity index (χ1n) is 5.18. The lowest BCUT2D eigenvalue weighted by Gasteiger charge is -2.20. The number of nitrogens with zero attached hydrogens (tertiary/aromatic N) is 1. The van der Waals surface area contributed by atoms with E-state index in [1.807, 2.05) is 20.8 Å². The van der Waals surface area contributed by atoms with Crippen LogP contribution in [0.4, 0.5) is 5.82 Å². The van der Waals surface area contributed by atoms with E-state index >= 15 is 0 Å². The summed E-state index contributed by atoms with van der Waals surface area (Å²) in [5.74, 6) is -0.439. The number of nitrogens with one attached hydrogen (secondary N) is 3. The predicted molar refractivity (Wildman–Crippen MR) is 63.2 cm³/mol. The number of carbonyl (C=O) groups excluding carboxylic acids is 2. The molecule has 0 fully saturated rings. The molecule has 7 heteroatoms. The zero-order valence-corrected chi connectivity index (χ0v) is 10.1. The zero-order valence-electron chi connectivity index (χ0n) is 10.1. The van der Waals surface area contributed by atoms with Crippen molar-refractivity contribution in [1.82, 2.24) is 20.8 Å². The molecular weight excluding hydrogens is 222 g/mol. The zero-order chi connectivity index (χ0) is 13.1. The predicted octanol–water partition coefficient (Wildman–Crippen LogP) is -0.364. The molecule has 7 nitrogen and oxygen atoms in total. The lowest BCUT2D eigenvalue weighted by atomic mass is 10.1. The molecule has 0 atom stereocenters. The molecule has 94 valence electrons. The van der Waals surface area contributed by atoms with Gasteiger partial charge in [-0.25, -0.2) is 0 Å². The van der Waals surface area contributed by atoms with E-state index in [1.54, 1.807) is 0 Å². The highest BCUT2D eigenvalue weighted by Gasteiger charge is 2.15. The Kier molecular flexibility index (Phi) is 3.72. The summed E-state index contributed by atoms with van der Waals surface area (Å²) in [6, 6.07) is 1.40. The van der Waals surface area contributed by atoms with Gasteiger partial charge in [-0.1, -0.05) is 0 Å². The fourth-order valence-electron chi connectivity index (χ4n) is 1.17. The van der Waals surface area contributed by atoms with Gasteiger partial charge in [-0.15, -0.1) is 0 Å². The van der Waals surface area contributed by atoms with Gasteiger partial charge in [0.1, 0.15) is 11.5 Å². The Hall–Kier alpha value is -2.05. The number of carbonyl (C=O) groups is 2. The standard InChI is InChI=1S/C10H17N5O2/c1-10(2,3)13-8(16)5-12-9(17)6-4-7(11)15-14-6/h4H,5H2,1-3H3,(H,12,17)(H,13,16)(H3,11,14,15). The molecule has 0 aliphatic rings. The Morgan fingerprint density at radius 3 is 2.59 bits per heavy atom. The average molecular weight is 239 g/mol. The Labute approximate surface area is 99.1 Å². The molecule has 0 radical (unpaired) electrons. The summed E-state index contributed by atoms with van der Waals surface area (Å²) < 4.78 is 0. The van der Waals surface area contributed by atoms with Crippen molar-refractivity contribution in [3.63, 3.8) is 0 Å². The summed E-state index contributed by atoms with van der Waals surface area (Å²) in [5, 5.41) is 11.3. The Balaban J connectivity index is 2.41. The number of anilines is 1. The minimum absolute atomic E-state index is 0.0883. The smallest absolute Gasteiger partial charge is 0.269 e. The van der Waals surface area contributed by atoms with Crippen molar-refractivity contribution in [1.29, 1.82) is 0 Å². The summed E-state index contributed by atoms with van der Waals surface area (Å²) in [6.07, 6.45) is 0. The lowest BCUT2D eigenvalue weighted by molar-refractivity contribution is -0.121. The van der Waals surface area contributed by atoms with E-state index in [1.165, 1.54) is 6.07 Å². The molecule has 1 aromatic rings. The van der Waals surface area contributed by atoms with Crippen molar-refractivity contribution in [2.75, 3.05) is 12.3 Å². The molecule has 1 rings (SSSR count). The topological polar surface area (TPSA) is 113 Å². The fourth-order valence-corrected chi connectivity index (χ4v) is 1.17. The molecule has 0 spiro atoms. The van der Waals surface area contributed by atoms with Crippen LogP contribution in [0, 0.1) is 0 Å². The number of aromatic amines is 1. The summed E-state index contributed by atoms with van der Waals surface area (Å²) in [6.45, 7) is 5.50. The van der Waals surface area contributed by atoms with Crippen LogP contribution in [0.1, 0.15) is 31.3 Å². The van der Waals surface area contributed by atoms with Gasteiger partial charge in [0.2, 0.25) is 5.91 Å². The SMILES string of the molecule is CC(C)(C)NC(=O)CNC(=O)c1cc(N)n[nH]1. The van der Waals surface area contributed by atoms with Crippen LogP contribution in [0.3, 0.4) is 0 Å². The van der Waals surface area contributed by atoms with Crippen LogP contribution >= 0.6 is 0 Å². The van der Waals surface area contributed by atoms with Gasteiger partial charge in [0.25, 0.3) is 5.91 Å². The Morgan fingerprint density at radius 1 is 1.47 bits per heavy atom. The number of nitrogen functional groups attached to an aromatic ring is 1. The van der Waals surface area contributed by atoms with Crippen molar-refractivity contribution in [2.45, 2.75) is 26.3 Å². The van der Waals surface area contributed by atoms with E-state index in [4.69, 9.17) is 5.73 Å². The van der Waals surface area contributed by atoms with E-state index in [2.05, 4.69) is 20.8 Å². The molecule has 0 saturated carbocycles. The van der Waals surface area contributed by atoms with Crippen molar-refractivity contribution in [2.24, 2.45) is 0 Å². The maximum Gasteiger partial charge on any atom is 0.269 e. The summed E-state index contributed by atoms with van der Waals surface area (Å²) in [7, 11) is 0. The second-order valence-corrected chi connectivity index (χ2v) is 4.69. The second kappa shape index (κ2) is 4.86. The third kappa shape index (κ3) is 4.54. The third-order valence-corrected chi connectivity index (χ3v) is 1.77. The first-order chi connectivity index (χ1) is 7.78. The molecule has 1 aromatic heterocycles. The lowest BCUT2D eigenvalue weighted by Crippen LogP contribution is -2.45. The molecule has 5 N–H and O–H groups in total. The number of rotatable bonds is 3. The Bertz CT molecular complexity index is 419. The molecule has 0 aromatic carbocycles. The van der Waals surface area contributed by atoms with Crippen LogP contribution in [-0.4, -0.2) is 34.1 Å². The van der Waals surface area contributed by atoms with Gasteiger partial charge >= 0.3 is 0 Å². The minimum atomic E-state index is -0.418. The van der Waals surface area contributed by atoms with Crippen LogP contribution in [-0.2, 0) is 4.79 Å². The van der Waals surface area contributed by atoms with Gasteiger partial charge in [-0.3, -0.25) is 14.7 Å². The van der Waals surface area contributed by atoms with Gasteiger partial charge in [0.15, 0.2) is 0 Å². The maximum absolute atomic E-state index is 11.5. The molecule has 2 amide bonds. The third-order valence-electron chi connectivity index (χ3n) is 1.77. The van der Waals surface area contributed by atoms with Gasteiger partial charge in [0.05, 0.1) is 6.54 Å². The molecule has 1 heterocycles. The molecule has 17 heavy (non-hydrogen) atoms. The van der Waals surface area contributed by atoms with E-state index < -0.39 is 5.91 Å². The first-order valence-corrected chi connectivity index (χ1v) is 5.18. The van der Waals surface area contributed by atoms with Crippen molar-refractivity contribution in [3.8, 4) is 0 Å². The fraction of sp³-hybridized carbons (Fsp3) is 0.500. The van der Waals surface area contributed by atoms with Gasteiger partial charge < -0.3 is 16.4 Å². The van der Waals surface area contributed by atoms with Gasteiger partial charge in [0, 0.05) is 11.6 Å². The molecule has 0 aliphatic carbocycles. The Morgan fingerprint density at radius 2 is 2.12 bits per heavy atom. The largest absolute Gasteiger partial charge is 0.382 e.